The molecule has 0 saturated carbocycles. The van der Waals surface area contributed by atoms with E-state index in [0.29, 0.717) is 6.54 Å². The van der Waals surface area contributed by atoms with Crippen LogP contribution >= 0.6 is 0 Å². The van der Waals surface area contributed by atoms with Crippen LogP contribution < -0.4 is 0 Å². The lowest BCUT2D eigenvalue weighted by molar-refractivity contribution is -0.131. The van der Waals surface area contributed by atoms with Crippen molar-refractivity contribution in [1.82, 2.24) is 20.0 Å². The highest BCUT2D eigenvalue weighted by Gasteiger charge is 2.15. The number of rotatable bonds is 5. The molecule has 1 saturated heterocycles. The Morgan fingerprint density at radius 3 is 2.74 bits per heavy atom. The van der Waals surface area contributed by atoms with Gasteiger partial charge in [0.15, 0.2) is 0 Å². The van der Waals surface area contributed by atoms with Crippen LogP contribution in [-0.4, -0.2) is 59.1 Å². The van der Waals surface area contributed by atoms with Crippen LogP contribution in [-0.2, 0) is 11.2 Å². The molecule has 5 heteroatoms. The number of aromatic amines is 1. The van der Waals surface area contributed by atoms with Crippen LogP contribution in [0.3, 0.4) is 0 Å². The predicted molar refractivity (Wildman–Crippen MR) is 74.8 cm³/mol. The van der Waals surface area contributed by atoms with Crippen LogP contribution in [0.5, 0.6) is 0 Å². The van der Waals surface area contributed by atoms with Crippen molar-refractivity contribution >= 4 is 5.91 Å². The Hall–Kier alpha value is -1.36. The summed E-state index contributed by atoms with van der Waals surface area (Å²) < 4.78 is 0. The lowest BCUT2D eigenvalue weighted by Crippen LogP contribution is -2.39. The second kappa shape index (κ2) is 7.28. The topological polar surface area (TPSA) is 52.2 Å². The van der Waals surface area contributed by atoms with Gasteiger partial charge in [0.25, 0.3) is 0 Å². The molecule has 0 unspecified atom stereocenters. The molecule has 2 heterocycles. The summed E-state index contributed by atoms with van der Waals surface area (Å²) in [5.41, 5.74) is 1.15. The standard InChI is InChI=1S/C14H24N4O/c1-17(9-6-13-10-15-16-11-13)14(19)12-18-7-4-2-3-5-8-18/h10-11H,2-9,12H2,1H3,(H,15,16). The second-order valence-corrected chi connectivity index (χ2v) is 5.36. The van der Waals surface area contributed by atoms with Gasteiger partial charge in [0.2, 0.25) is 5.91 Å². The maximum atomic E-state index is 12.1. The molecule has 0 aromatic carbocycles. The third kappa shape index (κ3) is 4.67. The molecule has 1 N–H and O–H groups in total. The highest BCUT2D eigenvalue weighted by atomic mass is 16.2. The molecule has 1 aromatic rings. The quantitative estimate of drug-likeness (QED) is 0.872. The molecule has 19 heavy (non-hydrogen) atoms. The van der Waals surface area contributed by atoms with E-state index in [-0.39, 0.29) is 5.91 Å². The average Bonchev–Trinajstić information content (AvgIpc) is 2.80. The summed E-state index contributed by atoms with van der Waals surface area (Å²) in [5.74, 6) is 0.227. The molecular weight excluding hydrogens is 240 g/mol. The molecule has 5 nitrogen and oxygen atoms in total. The van der Waals surface area contributed by atoms with Crippen molar-refractivity contribution in [3.05, 3.63) is 18.0 Å². The van der Waals surface area contributed by atoms with Gasteiger partial charge in [-0.05, 0) is 37.9 Å². The number of H-pyrrole nitrogens is 1. The molecule has 106 valence electrons. The minimum atomic E-state index is 0.227. The summed E-state index contributed by atoms with van der Waals surface area (Å²) in [4.78, 5) is 16.3. The molecule has 0 spiro atoms. The maximum absolute atomic E-state index is 12.1. The zero-order valence-corrected chi connectivity index (χ0v) is 11.8. The first-order chi connectivity index (χ1) is 9.25. The lowest BCUT2D eigenvalue weighted by atomic mass is 10.2. The number of hydrogen-bond acceptors (Lipinski definition) is 3. The summed E-state index contributed by atoms with van der Waals surface area (Å²) >= 11 is 0. The normalized spacial score (nSPS) is 17.1. The van der Waals surface area contributed by atoms with Gasteiger partial charge in [-0.1, -0.05) is 12.8 Å². The fourth-order valence-corrected chi connectivity index (χ4v) is 2.44. The first kappa shape index (κ1) is 14.1. The van der Waals surface area contributed by atoms with E-state index in [0.717, 1.165) is 31.6 Å². The van der Waals surface area contributed by atoms with Crippen LogP contribution in [0.25, 0.3) is 0 Å². The molecule has 0 radical (unpaired) electrons. The first-order valence-corrected chi connectivity index (χ1v) is 7.19. The highest BCUT2D eigenvalue weighted by Crippen LogP contribution is 2.09. The number of nitrogens with zero attached hydrogens (tertiary/aromatic N) is 3. The van der Waals surface area contributed by atoms with Gasteiger partial charge >= 0.3 is 0 Å². The molecular formula is C14H24N4O. The Morgan fingerprint density at radius 2 is 2.11 bits per heavy atom. The van der Waals surface area contributed by atoms with Crippen molar-refractivity contribution in [3.63, 3.8) is 0 Å². The average molecular weight is 264 g/mol. The van der Waals surface area contributed by atoms with Crippen LogP contribution in [0.15, 0.2) is 12.4 Å². The van der Waals surface area contributed by atoms with E-state index >= 15 is 0 Å². The maximum Gasteiger partial charge on any atom is 0.236 e. The molecule has 1 aliphatic heterocycles. The van der Waals surface area contributed by atoms with Crippen LogP contribution in [0.1, 0.15) is 31.2 Å². The van der Waals surface area contributed by atoms with Gasteiger partial charge in [-0.3, -0.25) is 14.8 Å². The molecule has 1 fully saturated rings. The van der Waals surface area contributed by atoms with Crippen LogP contribution in [0, 0.1) is 0 Å². The predicted octanol–water partition coefficient (Wildman–Crippen LogP) is 1.29. The first-order valence-electron chi connectivity index (χ1n) is 7.19. The fraction of sp³-hybridized carbons (Fsp3) is 0.714. The summed E-state index contributed by atoms with van der Waals surface area (Å²) in [6.45, 7) is 3.47. The molecule has 1 aromatic heterocycles. The Labute approximate surface area is 115 Å². The Morgan fingerprint density at radius 1 is 1.37 bits per heavy atom. The van der Waals surface area contributed by atoms with Crippen molar-refractivity contribution in [1.29, 1.82) is 0 Å². The van der Waals surface area contributed by atoms with Gasteiger partial charge in [0.1, 0.15) is 0 Å². The van der Waals surface area contributed by atoms with Crippen molar-refractivity contribution in [2.75, 3.05) is 33.2 Å². The van der Waals surface area contributed by atoms with E-state index in [2.05, 4.69) is 15.1 Å². The Bertz CT molecular complexity index is 369. The van der Waals surface area contributed by atoms with E-state index in [1.807, 2.05) is 24.3 Å². The number of likely N-dealkylation sites (tertiary alicyclic amines) is 1. The largest absolute Gasteiger partial charge is 0.344 e. The Balaban J connectivity index is 1.72. The number of nitrogens with one attached hydrogen (secondary N) is 1. The number of hydrogen-bond donors (Lipinski definition) is 1. The second-order valence-electron chi connectivity index (χ2n) is 5.36. The zero-order chi connectivity index (χ0) is 13.5. The molecule has 1 amide bonds. The van der Waals surface area contributed by atoms with Crippen molar-refractivity contribution in [2.45, 2.75) is 32.1 Å². The number of amides is 1. The fourth-order valence-electron chi connectivity index (χ4n) is 2.44. The molecule has 0 aliphatic carbocycles. The zero-order valence-electron chi connectivity index (χ0n) is 11.8. The number of carbonyl (C=O) groups is 1. The lowest BCUT2D eigenvalue weighted by Gasteiger charge is -2.23. The van der Waals surface area contributed by atoms with E-state index in [9.17, 15) is 4.79 Å². The Kier molecular flexibility index (Phi) is 5.39. The molecule has 0 atom stereocenters. The van der Waals surface area contributed by atoms with Gasteiger partial charge in [-0.15, -0.1) is 0 Å². The van der Waals surface area contributed by atoms with Crippen molar-refractivity contribution in [2.24, 2.45) is 0 Å². The number of carbonyl (C=O) groups excluding carboxylic acids is 1. The molecule has 0 bridgehead atoms. The monoisotopic (exact) mass is 264 g/mol. The highest BCUT2D eigenvalue weighted by molar-refractivity contribution is 5.78. The SMILES string of the molecule is CN(CCc1cn[nH]c1)C(=O)CN1CCCCCC1. The third-order valence-corrected chi connectivity index (χ3v) is 3.77. The summed E-state index contributed by atoms with van der Waals surface area (Å²) in [6.07, 6.45) is 9.62. The van der Waals surface area contributed by atoms with Crippen LogP contribution in [0.2, 0.25) is 0 Å². The van der Waals surface area contributed by atoms with Gasteiger partial charge < -0.3 is 4.90 Å². The summed E-state index contributed by atoms with van der Waals surface area (Å²) in [6, 6.07) is 0. The van der Waals surface area contributed by atoms with Crippen molar-refractivity contribution in [3.8, 4) is 0 Å². The van der Waals surface area contributed by atoms with E-state index < -0.39 is 0 Å². The minimum Gasteiger partial charge on any atom is -0.344 e. The van der Waals surface area contributed by atoms with E-state index in [1.165, 1.54) is 25.7 Å². The van der Waals surface area contributed by atoms with E-state index in [4.69, 9.17) is 0 Å². The van der Waals surface area contributed by atoms with Gasteiger partial charge in [-0.2, -0.15) is 5.10 Å². The number of likely N-dealkylation sites (N-methyl/N-ethyl adjacent to an activating group) is 1. The summed E-state index contributed by atoms with van der Waals surface area (Å²) in [5, 5.41) is 6.71. The van der Waals surface area contributed by atoms with Crippen molar-refractivity contribution < 1.29 is 4.79 Å². The summed E-state index contributed by atoms with van der Waals surface area (Å²) in [7, 11) is 1.89. The smallest absolute Gasteiger partial charge is 0.236 e. The molecule has 1 aliphatic rings. The minimum absolute atomic E-state index is 0.227. The van der Waals surface area contributed by atoms with E-state index in [1.54, 1.807) is 0 Å². The van der Waals surface area contributed by atoms with Gasteiger partial charge in [0.05, 0.1) is 12.7 Å². The number of aromatic nitrogens is 2. The third-order valence-electron chi connectivity index (χ3n) is 3.77. The molecule has 2 rings (SSSR count). The van der Waals surface area contributed by atoms with Gasteiger partial charge in [-0.25, -0.2) is 0 Å². The van der Waals surface area contributed by atoms with Crippen LogP contribution in [0.4, 0.5) is 0 Å². The van der Waals surface area contributed by atoms with Gasteiger partial charge in [0, 0.05) is 19.8 Å².